The molecule has 1 N–H and O–H groups in total. The number of ether oxygens (including phenoxy) is 2. The van der Waals surface area contributed by atoms with Crippen molar-refractivity contribution in [2.75, 3.05) is 13.7 Å². The molecule has 1 rings (SSSR count). The lowest BCUT2D eigenvalue weighted by atomic mass is 10.0. The number of nitrogens with one attached hydrogen (secondary N) is 1. The second kappa shape index (κ2) is 8.87. The number of carbonyl (C=O) groups is 2. The van der Waals surface area contributed by atoms with Crippen LogP contribution in [0.3, 0.4) is 0 Å². The van der Waals surface area contributed by atoms with E-state index in [1.54, 1.807) is 20.1 Å². The van der Waals surface area contributed by atoms with Crippen molar-refractivity contribution in [1.82, 2.24) is 5.32 Å². The van der Waals surface area contributed by atoms with Crippen molar-refractivity contribution < 1.29 is 19.1 Å². The molecule has 1 aromatic rings. The standard InChI is InChI=1S/C17H23NO4/c1-5-22-17(20)16(12(2)3)18-15(19)11-8-13-6-9-14(21-4)10-7-13/h6-12,16H,5H2,1-4H3,(H,18,19)/b11-8+/t16-/m1/s1. The number of hydrogen-bond acceptors (Lipinski definition) is 4. The molecule has 120 valence electrons. The van der Waals surface area contributed by atoms with Crippen molar-refractivity contribution >= 4 is 18.0 Å². The molecule has 22 heavy (non-hydrogen) atoms. The highest BCUT2D eigenvalue weighted by atomic mass is 16.5. The molecule has 0 heterocycles. The van der Waals surface area contributed by atoms with E-state index in [9.17, 15) is 9.59 Å². The highest BCUT2D eigenvalue weighted by Gasteiger charge is 2.24. The van der Waals surface area contributed by atoms with Crippen LogP contribution in [0.5, 0.6) is 5.75 Å². The third kappa shape index (κ3) is 5.60. The van der Waals surface area contributed by atoms with E-state index in [0.717, 1.165) is 11.3 Å². The third-order valence-electron chi connectivity index (χ3n) is 3.05. The van der Waals surface area contributed by atoms with Gasteiger partial charge in [0.15, 0.2) is 0 Å². The number of amides is 1. The Labute approximate surface area is 131 Å². The van der Waals surface area contributed by atoms with Crippen molar-refractivity contribution in [2.45, 2.75) is 26.8 Å². The molecule has 0 bridgehead atoms. The summed E-state index contributed by atoms with van der Waals surface area (Å²) in [5, 5.41) is 2.67. The quantitative estimate of drug-likeness (QED) is 0.620. The zero-order valence-electron chi connectivity index (χ0n) is 13.5. The fourth-order valence-corrected chi connectivity index (χ4v) is 1.82. The maximum Gasteiger partial charge on any atom is 0.328 e. The molecule has 1 aromatic carbocycles. The molecule has 0 fully saturated rings. The summed E-state index contributed by atoms with van der Waals surface area (Å²) in [6.07, 6.45) is 3.08. The molecule has 0 aliphatic carbocycles. The van der Waals surface area contributed by atoms with Crippen LogP contribution in [-0.4, -0.2) is 31.6 Å². The van der Waals surface area contributed by atoms with E-state index in [0.29, 0.717) is 6.61 Å². The molecule has 0 aliphatic rings. The Kier molecular flexibility index (Phi) is 7.16. The van der Waals surface area contributed by atoms with E-state index in [1.807, 2.05) is 38.1 Å². The highest BCUT2D eigenvalue weighted by Crippen LogP contribution is 2.12. The van der Waals surface area contributed by atoms with Crippen molar-refractivity contribution in [3.05, 3.63) is 35.9 Å². The summed E-state index contributed by atoms with van der Waals surface area (Å²) in [6, 6.07) is 6.66. The van der Waals surface area contributed by atoms with Gasteiger partial charge in [-0.3, -0.25) is 4.79 Å². The van der Waals surface area contributed by atoms with Crippen molar-refractivity contribution in [2.24, 2.45) is 5.92 Å². The lowest BCUT2D eigenvalue weighted by Crippen LogP contribution is -2.44. The second-order valence-corrected chi connectivity index (χ2v) is 5.09. The van der Waals surface area contributed by atoms with E-state index in [2.05, 4.69) is 5.32 Å². The molecule has 0 saturated carbocycles. The summed E-state index contributed by atoms with van der Waals surface area (Å²) in [7, 11) is 1.60. The molecular formula is C17H23NO4. The Bertz CT molecular complexity index is 520. The highest BCUT2D eigenvalue weighted by molar-refractivity contribution is 5.94. The number of carbonyl (C=O) groups excluding carboxylic acids is 2. The normalized spacial score (nSPS) is 12.2. The van der Waals surface area contributed by atoms with Crippen LogP contribution in [0.4, 0.5) is 0 Å². The van der Waals surface area contributed by atoms with Gasteiger partial charge in [0, 0.05) is 6.08 Å². The lowest BCUT2D eigenvalue weighted by molar-refractivity contribution is -0.148. The van der Waals surface area contributed by atoms with Crippen LogP contribution >= 0.6 is 0 Å². The minimum Gasteiger partial charge on any atom is -0.497 e. The Morgan fingerprint density at radius 2 is 1.86 bits per heavy atom. The average Bonchev–Trinajstić information content (AvgIpc) is 2.51. The SMILES string of the molecule is CCOC(=O)[C@H](NC(=O)/C=C/c1ccc(OC)cc1)C(C)C. The van der Waals surface area contributed by atoms with Gasteiger partial charge in [0.1, 0.15) is 11.8 Å². The van der Waals surface area contributed by atoms with Crippen LogP contribution in [0.1, 0.15) is 26.3 Å². The smallest absolute Gasteiger partial charge is 0.328 e. The first kappa shape index (κ1) is 17.8. The van der Waals surface area contributed by atoms with Crippen molar-refractivity contribution in [1.29, 1.82) is 0 Å². The Morgan fingerprint density at radius 3 is 2.36 bits per heavy atom. The number of benzene rings is 1. The molecule has 0 unspecified atom stereocenters. The monoisotopic (exact) mass is 305 g/mol. The van der Waals surface area contributed by atoms with Crippen molar-refractivity contribution in [3.63, 3.8) is 0 Å². The zero-order valence-corrected chi connectivity index (χ0v) is 13.5. The van der Waals surface area contributed by atoms with Gasteiger partial charge in [0.25, 0.3) is 0 Å². The summed E-state index contributed by atoms with van der Waals surface area (Å²) in [5.74, 6) is -0.0348. The Morgan fingerprint density at radius 1 is 1.23 bits per heavy atom. The van der Waals surface area contributed by atoms with Crippen LogP contribution in [0, 0.1) is 5.92 Å². The van der Waals surface area contributed by atoms with Crippen LogP contribution in [0.2, 0.25) is 0 Å². The lowest BCUT2D eigenvalue weighted by Gasteiger charge is -2.19. The van der Waals surface area contributed by atoms with E-state index >= 15 is 0 Å². The fraction of sp³-hybridized carbons (Fsp3) is 0.412. The van der Waals surface area contributed by atoms with Crippen LogP contribution < -0.4 is 10.1 Å². The first-order valence-corrected chi connectivity index (χ1v) is 7.27. The van der Waals surface area contributed by atoms with Gasteiger partial charge in [0.2, 0.25) is 5.91 Å². The average molecular weight is 305 g/mol. The predicted octanol–water partition coefficient (Wildman–Crippen LogP) is 2.41. The molecule has 1 atom stereocenters. The topological polar surface area (TPSA) is 64.6 Å². The van der Waals surface area contributed by atoms with E-state index < -0.39 is 12.0 Å². The van der Waals surface area contributed by atoms with Gasteiger partial charge in [-0.1, -0.05) is 26.0 Å². The molecular weight excluding hydrogens is 282 g/mol. The van der Waals surface area contributed by atoms with Gasteiger partial charge in [-0.25, -0.2) is 4.79 Å². The first-order chi connectivity index (χ1) is 10.5. The Balaban J connectivity index is 2.65. The minimum absolute atomic E-state index is 0.0441. The maximum atomic E-state index is 11.9. The summed E-state index contributed by atoms with van der Waals surface area (Å²) < 4.78 is 10.0. The summed E-state index contributed by atoms with van der Waals surface area (Å²) in [5.41, 5.74) is 0.869. The van der Waals surface area contributed by atoms with Gasteiger partial charge < -0.3 is 14.8 Å². The zero-order chi connectivity index (χ0) is 16.5. The first-order valence-electron chi connectivity index (χ1n) is 7.27. The Hall–Kier alpha value is -2.30. The second-order valence-electron chi connectivity index (χ2n) is 5.09. The molecule has 0 saturated heterocycles. The van der Waals surface area contributed by atoms with E-state index in [4.69, 9.17) is 9.47 Å². The molecule has 0 aliphatic heterocycles. The largest absolute Gasteiger partial charge is 0.497 e. The van der Waals surface area contributed by atoms with E-state index in [-0.39, 0.29) is 11.8 Å². The van der Waals surface area contributed by atoms with Crippen molar-refractivity contribution in [3.8, 4) is 5.75 Å². The molecule has 0 radical (unpaired) electrons. The van der Waals surface area contributed by atoms with Crippen LogP contribution in [0.15, 0.2) is 30.3 Å². The maximum absolute atomic E-state index is 11.9. The predicted molar refractivity (Wildman–Crippen MR) is 85.4 cm³/mol. The summed E-state index contributed by atoms with van der Waals surface area (Å²) in [4.78, 5) is 23.7. The molecule has 0 spiro atoms. The minimum atomic E-state index is -0.645. The summed E-state index contributed by atoms with van der Waals surface area (Å²) >= 11 is 0. The molecule has 5 heteroatoms. The van der Waals surface area contributed by atoms with Crippen LogP contribution in [-0.2, 0) is 14.3 Å². The van der Waals surface area contributed by atoms with Gasteiger partial charge in [-0.15, -0.1) is 0 Å². The van der Waals surface area contributed by atoms with Gasteiger partial charge in [-0.05, 0) is 36.6 Å². The summed E-state index contributed by atoms with van der Waals surface area (Å²) in [6.45, 7) is 5.74. The molecule has 0 aromatic heterocycles. The van der Waals surface area contributed by atoms with Crippen LogP contribution in [0.25, 0.3) is 6.08 Å². The fourth-order valence-electron chi connectivity index (χ4n) is 1.82. The van der Waals surface area contributed by atoms with Gasteiger partial charge in [-0.2, -0.15) is 0 Å². The third-order valence-corrected chi connectivity index (χ3v) is 3.05. The number of esters is 1. The van der Waals surface area contributed by atoms with E-state index in [1.165, 1.54) is 6.08 Å². The molecule has 5 nitrogen and oxygen atoms in total. The number of rotatable bonds is 7. The van der Waals surface area contributed by atoms with Gasteiger partial charge >= 0.3 is 5.97 Å². The number of methoxy groups -OCH3 is 1. The number of hydrogen-bond donors (Lipinski definition) is 1. The molecule has 1 amide bonds. The van der Waals surface area contributed by atoms with Gasteiger partial charge in [0.05, 0.1) is 13.7 Å².